The van der Waals surface area contributed by atoms with E-state index < -0.39 is 5.54 Å². The number of carbonyl (C=O) groups excluding carboxylic acids is 2. The molecule has 1 fully saturated rings. The van der Waals surface area contributed by atoms with Gasteiger partial charge in [0.1, 0.15) is 5.54 Å². The average Bonchev–Trinajstić information content (AvgIpc) is 2.62. The van der Waals surface area contributed by atoms with E-state index in [4.69, 9.17) is 23.2 Å². The Morgan fingerprint density at radius 2 is 1.65 bits per heavy atom. The average molecular weight is 391 g/mol. The molecule has 3 rings (SSSR count). The van der Waals surface area contributed by atoms with Crippen molar-refractivity contribution in [2.24, 2.45) is 0 Å². The third-order valence-electron chi connectivity index (χ3n) is 4.70. The minimum Gasteiger partial charge on any atom is -0.338 e. The van der Waals surface area contributed by atoms with Crippen molar-refractivity contribution in [3.63, 3.8) is 0 Å². The van der Waals surface area contributed by atoms with Crippen molar-refractivity contribution >= 4 is 40.7 Å². The third kappa shape index (κ3) is 4.19. The predicted octanol–water partition coefficient (Wildman–Crippen LogP) is 5.06. The van der Waals surface area contributed by atoms with E-state index >= 15 is 0 Å². The fraction of sp³-hybridized carbons (Fsp3) is 0.300. The van der Waals surface area contributed by atoms with Crippen molar-refractivity contribution in [1.82, 2.24) is 5.32 Å². The van der Waals surface area contributed by atoms with Gasteiger partial charge in [-0.2, -0.15) is 0 Å². The van der Waals surface area contributed by atoms with Crippen LogP contribution in [0.3, 0.4) is 0 Å². The molecule has 6 heteroatoms. The Hall–Kier alpha value is -2.04. The van der Waals surface area contributed by atoms with E-state index in [1.54, 1.807) is 48.5 Å². The zero-order valence-electron chi connectivity index (χ0n) is 14.2. The van der Waals surface area contributed by atoms with Crippen LogP contribution in [-0.2, 0) is 4.79 Å². The van der Waals surface area contributed by atoms with Gasteiger partial charge < -0.3 is 10.6 Å². The van der Waals surface area contributed by atoms with E-state index in [0.29, 0.717) is 34.1 Å². The van der Waals surface area contributed by atoms with Gasteiger partial charge in [-0.05, 0) is 43.2 Å². The van der Waals surface area contributed by atoms with Gasteiger partial charge in [0.2, 0.25) is 5.91 Å². The van der Waals surface area contributed by atoms with Crippen LogP contribution in [0.25, 0.3) is 0 Å². The molecule has 2 amide bonds. The van der Waals surface area contributed by atoms with Crippen molar-refractivity contribution in [3.8, 4) is 0 Å². The second-order valence-corrected chi connectivity index (χ2v) is 7.38. The van der Waals surface area contributed by atoms with E-state index in [2.05, 4.69) is 10.6 Å². The maximum absolute atomic E-state index is 13.1. The molecule has 2 aromatic rings. The minimum atomic E-state index is -0.948. The number of nitrogens with one attached hydrogen (secondary N) is 2. The van der Waals surface area contributed by atoms with Crippen LogP contribution < -0.4 is 10.6 Å². The van der Waals surface area contributed by atoms with Crippen LogP contribution >= 0.6 is 23.2 Å². The first-order valence-corrected chi connectivity index (χ1v) is 9.40. The van der Waals surface area contributed by atoms with Crippen LogP contribution in [0.5, 0.6) is 0 Å². The number of anilines is 1. The fourth-order valence-corrected chi connectivity index (χ4v) is 3.72. The first-order valence-electron chi connectivity index (χ1n) is 8.64. The zero-order chi connectivity index (χ0) is 18.6. The van der Waals surface area contributed by atoms with Gasteiger partial charge in [-0.15, -0.1) is 0 Å². The van der Waals surface area contributed by atoms with E-state index in [1.807, 2.05) is 0 Å². The van der Waals surface area contributed by atoms with Gasteiger partial charge in [-0.3, -0.25) is 9.59 Å². The highest BCUT2D eigenvalue weighted by Crippen LogP contribution is 2.31. The molecule has 1 saturated carbocycles. The quantitative estimate of drug-likeness (QED) is 0.765. The normalized spacial score (nSPS) is 15.9. The summed E-state index contributed by atoms with van der Waals surface area (Å²) in [6, 6.07) is 13.8. The third-order valence-corrected chi connectivity index (χ3v) is 5.26. The van der Waals surface area contributed by atoms with Crippen LogP contribution in [0, 0.1) is 0 Å². The lowest BCUT2D eigenvalue weighted by atomic mass is 9.80. The Balaban J connectivity index is 1.83. The number of carbonyl (C=O) groups is 2. The first-order chi connectivity index (χ1) is 12.5. The van der Waals surface area contributed by atoms with Crippen LogP contribution in [-0.4, -0.2) is 17.4 Å². The van der Waals surface area contributed by atoms with Crippen LogP contribution in [0.15, 0.2) is 48.5 Å². The lowest BCUT2D eigenvalue weighted by Crippen LogP contribution is -2.57. The lowest BCUT2D eigenvalue weighted by Gasteiger charge is -2.36. The number of benzene rings is 2. The van der Waals surface area contributed by atoms with E-state index in [0.717, 1.165) is 19.3 Å². The van der Waals surface area contributed by atoms with Crippen molar-refractivity contribution in [3.05, 3.63) is 64.1 Å². The highest BCUT2D eigenvalue weighted by molar-refractivity contribution is 6.34. The maximum atomic E-state index is 13.1. The largest absolute Gasteiger partial charge is 0.338 e. The van der Waals surface area contributed by atoms with Crippen molar-refractivity contribution in [1.29, 1.82) is 0 Å². The second-order valence-electron chi connectivity index (χ2n) is 6.54. The number of amides is 2. The van der Waals surface area contributed by atoms with E-state index in [9.17, 15) is 9.59 Å². The smallest absolute Gasteiger partial charge is 0.253 e. The van der Waals surface area contributed by atoms with Crippen LogP contribution in [0.2, 0.25) is 10.0 Å². The van der Waals surface area contributed by atoms with E-state index in [1.165, 1.54) is 0 Å². The topological polar surface area (TPSA) is 58.2 Å². The number of hydrogen-bond acceptors (Lipinski definition) is 2. The summed E-state index contributed by atoms with van der Waals surface area (Å²) in [5.41, 5.74) is 0.0331. The monoisotopic (exact) mass is 390 g/mol. The Morgan fingerprint density at radius 1 is 0.923 bits per heavy atom. The molecule has 1 aliphatic rings. The summed E-state index contributed by atoms with van der Waals surface area (Å²) in [5, 5.41) is 6.76. The summed E-state index contributed by atoms with van der Waals surface area (Å²) >= 11 is 12.1. The summed E-state index contributed by atoms with van der Waals surface area (Å²) in [5.74, 6) is -0.557. The summed E-state index contributed by atoms with van der Waals surface area (Å²) in [6.07, 6.45) is 4.00. The standard InChI is InChI=1S/C20H20Cl2N2O2/c21-14-7-6-8-15(13-14)23-19(26)20(11-4-1-5-12-20)24-18(25)16-9-2-3-10-17(16)22/h2-3,6-10,13H,1,4-5,11-12H2,(H,23,26)(H,24,25). The molecule has 4 nitrogen and oxygen atoms in total. The second kappa shape index (κ2) is 8.11. The first kappa shape index (κ1) is 18.7. The van der Waals surface area contributed by atoms with E-state index in [-0.39, 0.29) is 11.8 Å². The Labute approximate surface area is 162 Å². The van der Waals surface area contributed by atoms with Crippen molar-refractivity contribution in [2.45, 2.75) is 37.6 Å². The molecule has 0 bridgehead atoms. The molecule has 0 unspecified atom stereocenters. The Kier molecular flexibility index (Phi) is 5.84. The molecule has 26 heavy (non-hydrogen) atoms. The van der Waals surface area contributed by atoms with Crippen molar-refractivity contribution in [2.75, 3.05) is 5.32 Å². The minimum absolute atomic E-state index is 0.222. The van der Waals surface area contributed by atoms with Gasteiger partial charge >= 0.3 is 0 Å². The SMILES string of the molecule is O=C(NC1(C(=O)Nc2cccc(Cl)c2)CCCCC1)c1ccccc1Cl. The molecule has 0 atom stereocenters. The van der Waals surface area contributed by atoms with Crippen molar-refractivity contribution < 1.29 is 9.59 Å². The van der Waals surface area contributed by atoms with Crippen LogP contribution in [0.1, 0.15) is 42.5 Å². The highest BCUT2D eigenvalue weighted by atomic mass is 35.5. The Bertz CT molecular complexity index is 817. The fourth-order valence-electron chi connectivity index (χ4n) is 3.31. The van der Waals surface area contributed by atoms with Gasteiger partial charge in [-0.25, -0.2) is 0 Å². The molecule has 0 aromatic heterocycles. The van der Waals surface area contributed by atoms with Gasteiger partial charge in [0.25, 0.3) is 5.91 Å². The van der Waals surface area contributed by atoms with Gasteiger partial charge in [0.15, 0.2) is 0 Å². The summed E-state index contributed by atoms with van der Waals surface area (Å²) in [7, 11) is 0. The number of rotatable bonds is 4. The molecule has 0 radical (unpaired) electrons. The molecular weight excluding hydrogens is 371 g/mol. The molecule has 0 heterocycles. The lowest BCUT2D eigenvalue weighted by molar-refractivity contribution is -0.123. The van der Waals surface area contributed by atoms with Gasteiger partial charge in [-0.1, -0.05) is 60.7 Å². The summed E-state index contributed by atoms with van der Waals surface area (Å²) < 4.78 is 0. The highest BCUT2D eigenvalue weighted by Gasteiger charge is 2.41. The summed E-state index contributed by atoms with van der Waals surface area (Å²) in [4.78, 5) is 25.8. The number of hydrogen-bond donors (Lipinski definition) is 2. The van der Waals surface area contributed by atoms with Crippen LogP contribution in [0.4, 0.5) is 5.69 Å². The van der Waals surface area contributed by atoms with Gasteiger partial charge in [0.05, 0.1) is 10.6 Å². The molecule has 0 saturated heterocycles. The van der Waals surface area contributed by atoms with Gasteiger partial charge in [0, 0.05) is 10.7 Å². The molecule has 2 aromatic carbocycles. The predicted molar refractivity (Wildman–Crippen MR) is 105 cm³/mol. The summed E-state index contributed by atoms with van der Waals surface area (Å²) in [6.45, 7) is 0. The molecule has 136 valence electrons. The molecule has 0 spiro atoms. The zero-order valence-corrected chi connectivity index (χ0v) is 15.7. The molecule has 0 aliphatic heterocycles. The molecular formula is C20H20Cl2N2O2. The molecule has 2 N–H and O–H groups in total. The number of halogens is 2. The molecule has 1 aliphatic carbocycles. The Morgan fingerprint density at radius 3 is 2.35 bits per heavy atom. The maximum Gasteiger partial charge on any atom is 0.253 e.